The molecule has 2 rings (SSSR count). The van der Waals surface area contributed by atoms with Crippen molar-refractivity contribution in [2.24, 2.45) is 5.10 Å². The lowest BCUT2D eigenvalue weighted by Gasteiger charge is -2.14. The summed E-state index contributed by atoms with van der Waals surface area (Å²) in [5.74, 6) is -0.289. The first kappa shape index (κ1) is 21.5. The molecule has 0 fully saturated rings. The summed E-state index contributed by atoms with van der Waals surface area (Å²) in [6.45, 7) is 3.74. The molecule has 29 heavy (non-hydrogen) atoms. The van der Waals surface area contributed by atoms with Gasteiger partial charge in [0.15, 0.2) is 17.2 Å². The standard InChI is InChI=1S/C19H21N3O7/c1-11(2)29-15-6-5-13(9-16(15)27-3)19(24)21-20-10-12-7-14(22(25)26)18(23)17(8-12)28-4/h5-11,23H,1-4H3,(H,21,24)/b20-10+. The number of nitro benzene ring substituents is 1. The van der Waals surface area contributed by atoms with Crippen LogP contribution in [0.4, 0.5) is 5.69 Å². The van der Waals surface area contributed by atoms with E-state index in [4.69, 9.17) is 14.2 Å². The molecule has 2 aromatic rings. The number of amides is 1. The van der Waals surface area contributed by atoms with Gasteiger partial charge in [-0.25, -0.2) is 5.43 Å². The maximum Gasteiger partial charge on any atom is 0.315 e. The van der Waals surface area contributed by atoms with Gasteiger partial charge in [0.25, 0.3) is 5.91 Å². The normalized spacial score (nSPS) is 10.8. The van der Waals surface area contributed by atoms with Crippen LogP contribution in [0, 0.1) is 10.1 Å². The van der Waals surface area contributed by atoms with Gasteiger partial charge in [-0.3, -0.25) is 14.9 Å². The molecule has 0 radical (unpaired) electrons. The van der Waals surface area contributed by atoms with Crippen molar-refractivity contribution in [1.29, 1.82) is 0 Å². The number of carbonyl (C=O) groups is 1. The first-order valence-electron chi connectivity index (χ1n) is 8.50. The Morgan fingerprint density at radius 3 is 2.45 bits per heavy atom. The summed E-state index contributed by atoms with van der Waals surface area (Å²) >= 11 is 0. The van der Waals surface area contributed by atoms with Gasteiger partial charge in [0.2, 0.25) is 5.75 Å². The van der Waals surface area contributed by atoms with Crippen LogP contribution >= 0.6 is 0 Å². The summed E-state index contributed by atoms with van der Waals surface area (Å²) in [5, 5.41) is 24.6. The van der Waals surface area contributed by atoms with E-state index in [1.54, 1.807) is 12.1 Å². The van der Waals surface area contributed by atoms with E-state index in [-0.39, 0.29) is 23.0 Å². The van der Waals surface area contributed by atoms with Gasteiger partial charge in [0.1, 0.15) is 0 Å². The van der Waals surface area contributed by atoms with Crippen molar-refractivity contribution in [3.05, 3.63) is 51.6 Å². The van der Waals surface area contributed by atoms with E-state index in [9.17, 15) is 20.0 Å². The summed E-state index contributed by atoms with van der Waals surface area (Å²) in [6.07, 6.45) is 1.14. The monoisotopic (exact) mass is 403 g/mol. The molecule has 10 heteroatoms. The van der Waals surface area contributed by atoms with E-state index in [2.05, 4.69) is 10.5 Å². The highest BCUT2D eigenvalue weighted by Crippen LogP contribution is 2.36. The quantitative estimate of drug-likeness (QED) is 0.393. The minimum Gasteiger partial charge on any atom is -0.500 e. The van der Waals surface area contributed by atoms with Crippen molar-refractivity contribution < 1.29 is 29.0 Å². The SMILES string of the molecule is COc1cc(C(=O)N/N=C/c2cc(OC)c(O)c([N+](=O)[O-])c2)ccc1OC(C)C. The molecule has 0 aromatic heterocycles. The molecule has 2 aromatic carbocycles. The predicted molar refractivity (Wildman–Crippen MR) is 105 cm³/mol. The van der Waals surface area contributed by atoms with E-state index in [0.717, 1.165) is 6.07 Å². The van der Waals surface area contributed by atoms with E-state index in [1.165, 1.54) is 32.6 Å². The number of rotatable bonds is 8. The Bertz CT molecular complexity index is 942. The second kappa shape index (κ2) is 9.40. The van der Waals surface area contributed by atoms with E-state index < -0.39 is 22.3 Å². The Kier molecular flexibility index (Phi) is 6.96. The van der Waals surface area contributed by atoms with E-state index in [1.807, 2.05) is 13.8 Å². The average Bonchev–Trinajstić information content (AvgIpc) is 2.68. The molecule has 0 aliphatic heterocycles. The maximum atomic E-state index is 12.3. The Balaban J connectivity index is 2.17. The van der Waals surface area contributed by atoms with Gasteiger partial charge in [-0.1, -0.05) is 0 Å². The van der Waals surface area contributed by atoms with Crippen LogP contribution in [0.5, 0.6) is 23.0 Å². The van der Waals surface area contributed by atoms with Gasteiger partial charge in [0, 0.05) is 17.2 Å². The molecule has 2 N–H and O–H groups in total. The Morgan fingerprint density at radius 1 is 1.17 bits per heavy atom. The van der Waals surface area contributed by atoms with Crippen LogP contribution in [0.25, 0.3) is 0 Å². The fourth-order valence-corrected chi connectivity index (χ4v) is 2.37. The lowest BCUT2D eigenvalue weighted by molar-refractivity contribution is -0.386. The minimum absolute atomic E-state index is 0.0560. The highest BCUT2D eigenvalue weighted by molar-refractivity contribution is 5.95. The number of hydrazone groups is 1. The van der Waals surface area contributed by atoms with Crippen LogP contribution in [0.2, 0.25) is 0 Å². The molecule has 0 saturated carbocycles. The van der Waals surface area contributed by atoms with Gasteiger partial charge in [-0.2, -0.15) is 5.10 Å². The average molecular weight is 403 g/mol. The zero-order chi connectivity index (χ0) is 21.6. The molecule has 10 nitrogen and oxygen atoms in total. The van der Waals surface area contributed by atoms with Crippen LogP contribution in [-0.4, -0.2) is 42.5 Å². The molecular weight excluding hydrogens is 382 g/mol. The summed E-state index contributed by atoms with van der Waals surface area (Å²) in [6, 6.07) is 7.13. The number of hydrogen-bond donors (Lipinski definition) is 2. The van der Waals surface area contributed by atoms with Crippen LogP contribution in [-0.2, 0) is 0 Å². The van der Waals surface area contributed by atoms with Gasteiger partial charge in [-0.05, 0) is 38.1 Å². The first-order chi connectivity index (χ1) is 13.8. The Morgan fingerprint density at radius 2 is 1.86 bits per heavy atom. The summed E-state index contributed by atoms with van der Waals surface area (Å²) in [5.41, 5.74) is 2.32. The molecule has 0 bridgehead atoms. The Labute approximate surface area is 166 Å². The Hall–Kier alpha value is -3.82. The highest BCUT2D eigenvalue weighted by Gasteiger charge is 2.19. The van der Waals surface area contributed by atoms with Crippen LogP contribution < -0.4 is 19.6 Å². The van der Waals surface area contributed by atoms with Crippen molar-refractivity contribution in [1.82, 2.24) is 5.43 Å². The fourth-order valence-electron chi connectivity index (χ4n) is 2.37. The lowest BCUT2D eigenvalue weighted by Crippen LogP contribution is -2.18. The topological polar surface area (TPSA) is 133 Å². The van der Waals surface area contributed by atoms with Crippen molar-refractivity contribution in [2.75, 3.05) is 14.2 Å². The maximum absolute atomic E-state index is 12.3. The number of aromatic hydroxyl groups is 1. The number of methoxy groups -OCH3 is 2. The molecule has 154 valence electrons. The van der Waals surface area contributed by atoms with Gasteiger partial charge >= 0.3 is 5.69 Å². The number of hydrogen-bond acceptors (Lipinski definition) is 8. The second-order valence-corrected chi connectivity index (χ2v) is 6.08. The highest BCUT2D eigenvalue weighted by atomic mass is 16.6. The van der Waals surface area contributed by atoms with E-state index >= 15 is 0 Å². The lowest BCUT2D eigenvalue weighted by atomic mass is 10.2. The van der Waals surface area contributed by atoms with Gasteiger partial charge in [-0.15, -0.1) is 0 Å². The third-order valence-corrected chi connectivity index (χ3v) is 3.66. The van der Waals surface area contributed by atoms with Crippen LogP contribution in [0.3, 0.4) is 0 Å². The third kappa shape index (κ3) is 5.34. The summed E-state index contributed by atoms with van der Waals surface area (Å²) < 4.78 is 15.7. The predicted octanol–water partition coefficient (Wildman–Crippen LogP) is 2.87. The number of phenols is 1. The summed E-state index contributed by atoms with van der Waals surface area (Å²) in [7, 11) is 2.73. The largest absolute Gasteiger partial charge is 0.500 e. The molecule has 0 atom stereocenters. The molecule has 0 spiro atoms. The first-order valence-corrected chi connectivity index (χ1v) is 8.50. The number of nitro groups is 1. The fraction of sp³-hybridized carbons (Fsp3) is 0.263. The summed E-state index contributed by atoms with van der Waals surface area (Å²) in [4.78, 5) is 22.6. The number of nitrogens with one attached hydrogen (secondary N) is 1. The smallest absolute Gasteiger partial charge is 0.315 e. The molecule has 0 saturated heterocycles. The number of ether oxygens (including phenoxy) is 3. The zero-order valence-corrected chi connectivity index (χ0v) is 16.3. The number of phenolic OH excluding ortho intramolecular Hbond substituents is 1. The second-order valence-electron chi connectivity index (χ2n) is 6.08. The number of benzene rings is 2. The van der Waals surface area contributed by atoms with Crippen molar-refractivity contribution in [3.63, 3.8) is 0 Å². The molecule has 0 aliphatic carbocycles. The number of nitrogens with zero attached hydrogens (tertiary/aromatic N) is 2. The molecule has 0 aliphatic rings. The van der Waals surface area contributed by atoms with Crippen molar-refractivity contribution in [2.45, 2.75) is 20.0 Å². The van der Waals surface area contributed by atoms with E-state index in [0.29, 0.717) is 11.5 Å². The molecule has 0 heterocycles. The van der Waals surface area contributed by atoms with Crippen molar-refractivity contribution in [3.8, 4) is 23.0 Å². The van der Waals surface area contributed by atoms with Crippen LogP contribution in [0.1, 0.15) is 29.8 Å². The van der Waals surface area contributed by atoms with Gasteiger partial charge < -0.3 is 19.3 Å². The number of carbonyl (C=O) groups excluding carboxylic acids is 1. The molecular formula is C19H21N3O7. The third-order valence-electron chi connectivity index (χ3n) is 3.66. The minimum atomic E-state index is -0.749. The molecule has 0 unspecified atom stereocenters. The zero-order valence-electron chi connectivity index (χ0n) is 16.3. The molecule has 1 amide bonds. The van der Waals surface area contributed by atoms with Crippen molar-refractivity contribution >= 4 is 17.8 Å². The van der Waals surface area contributed by atoms with Crippen LogP contribution in [0.15, 0.2) is 35.4 Å². The van der Waals surface area contributed by atoms with Gasteiger partial charge in [0.05, 0.1) is 31.5 Å².